The molecular weight excluding hydrogens is 292 g/mol. The van der Waals surface area contributed by atoms with Crippen LogP contribution in [0.25, 0.3) is 0 Å². The molecule has 3 rings (SSSR count). The Kier molecular flexibility index (Phi) is 5.15. The fourth-order valence-electron chi connectivity index (χ4n) is 3.77. The standard InChI is InChI=1S/C18H24N2OS/c19-12-15-14-8-4-5-9-16(14)22-18(15)20-17(21)11-10-13-6-2-1-3-7-13/h13H,1-11H2,(H,20,21). The van der Waals surface area contributed by atoms with E-state index in [9.17, 15) is 10.1 Å². The third kappa shape index (κ3) is 3.52. The quantitative estimate of drug-likeness (QED) is 0.867. The fraction of sp³-hybridized carbons (Fsp3) is 0.667. The molecule has 1 saturated carbocycles. The van der Waals surface area contributed by atoms with Gasteiger partial charge in [0.25, 0.3) is 0 Å². The second-order valence-electron chi connectivity index (χ2n) is 6.62. The zero-order valence-corrected chi connectivity index (χ0v) is 13.9. The number of rotatable bonds is 4. The number of thiophene rings is 1. The number of carbonyl (C=O) groups excluding carboxylic acids is 1. The first kappa shape index (κ1) is 15.6. The summed E-state index contributed by atoms with van der Waals surface area (Å²) in [5.41, 5.74) is 1.92. The lowest BCUT2D eigenvalue weighted by Gasteiger charge is -2.20. The Hall–Kier alpha value is -1.34. The van der Waals surface area contributed by atoms with Crippen LogP contribution in [0.3, 0.4) is 0 Å². The van der Waals surface area contributed by atoms with Crippen LogP contribution >= 0.6 is 11.3 Å². The molecule has 118 valence electrons. The number of amides is 1. The summed E-state index contributed by atoms with van der Waals surface area (Å²) in [6.45, 7) is 0. The Labute approximate surface area is 136 Å². The molecular formula is C18H24N2OS. The minimum absolute atomic E-state index is 0.0840. The van der Waals surface area contributed by atoms with Gasteiger partial charge in [0.15, 0.2) is 0 Å². The monoisotopic (exact) mass is 316 g/mol. The van der Waals surface area contributed by atoms with Crippen molar-refractivity contribution in [1.82, 2.24) is 0 Å². The third-order valence-electron chi connectivity index (χ3n) is 5.04. The normalized spacial score (nSPS) is 18.5. The highest BCUT2D eigenvalue weighted by atomic mass is 32.1. The van der Waals surface area contributed by atoms with Gasteiger partial charge in [-0.05, 0) is 43.6 Å². The molecule has 4 heteroatoms. The smallest absolute Gasteiger partial charge is 0.225 e. The summed E-state index contributed by atoms with van der Waals surface area (Å²) in [6.07, 6.45) is 12.6. The van der Waals surface area contributed by atoms with Gasteiger partial charge in [0.1, 0.15) is 11.1 Å². The van der Waals surface area contributed by atoms with Crippen molar-refractivity contribution in [3.63, 3.8) is 0 Å². The van der Waals surface area contributed by atoms with Gasteiger partial charge in [-0.15, -0.1) is 11.3 Å². The molecule has 0 saturated heterocycles. The zero-order chi connectivity index (χ0) is 15.4. The summed E-state index contributed by atoms with van der Waals surface area (Å²) in [4.78, 5) is 13.5. The van der Waals surface area contributed by atoms with E-state index in [1.54, 1.807) is 11.3 Å². The maximum Gasteiger partial charge on any atom is 0.225 e. The van der Waals surface area contributed by atoms with Crippen LogP contribution in [-0.2, 0) is 17.6 Å². The number of hydrogen-bond donors (Lipinski definition) is 1. The Balaban J connectivity index is 1.59. The predicted molar refractivity (Wildman–Crippen MR) is 90.1 cm³/mol. The van der Waals surface area contributed by atoms with E-state index in [2.05, 4.69) is 11.4 Å². The van der Waals surface area contributed by atoms with Crippen molar-refractivity contribution >= 4 is 22.2 Å². The van der Waals surface area contributed by atoms with Gasteiger partial charge in [0, 0.05) is 11.3 Å². The molecule has 1 amide bonds. The van der Waals surface area contributed by atoms with Crippen LogP contribution in [0.15, 0.2) is 0 Å². The maximum atomic E-state index is 12.2. The highest BCUT2D eigenvalue weighted by molar-refractivity contribution is 7.16. The number of hydrogen-bond acceptors (Lipinski definition) is 3. The molecule has 1 fully saturated rings. The second kappa shape index (κ2) is 7.28. The van der Waals surface area contributed by atoms with E-state index in [-0.39, 0.29) is 5.91 Å². The van der Waals surface area contributed by atoms with Gasteiger partial charge < -0.3 is 5.32 Å². The summed E-state index contributed by atoms with van der Waals surface area (Å²) in [5, 5.41) is 13.2. The van der Waals surface area contributed by atoms with E-state index in [0.717, 1.165) is 42.2 Å². The van der Waals surface area contributed by atoms with Gasteiger partial charge in [0.05, 0.1) is 5.56 Å². The van der Waals surface area contributed by atoms with Gasteiger partial charge in [0.2, 0.25) is 5.91 Å². The molecule has 1 aromatic rings. The minimum atomic E-state index is 0.0840. The molecule has 1 aromatic heterocycles. The SMILES string of the molecule is N#Cc1c(NC(=O)CCC2CCCCC2)sc2c1CCCC2. The van der Waals surface area contributed by atoms with Crippen molar-refractivity contribution in [3.05, 3.63) is 16.0 Å². The molecule has 22 heavy (non-hydrogen) atoms. The number of carbonyl (C=O) groups is 1. The highest BCUT2D eigenvalue weighted by Gasteiger charge is 2.22. The summed E-state index contributed by atoms with van der Waals surface area (Å²) in [7, 11) is 0. The predicted octanol–water partition coefficient (Wildman–Crippen LogP) is 4.80. The lowest BCUT2D eigenvalue weighted by Crippen LogP contribution is -2.14. The van der Waals surface area contributed by atoms with Crippen LogP contribution in [0.2, 0.25) is 0 Å². The van der Waals surface area contributed by atoms with Crippen LogP contribution in [0.1, 0.15) is 73.8 Å². The molecule has 0 unspecified atom stereocenters. The summed E-state index contributed by atoms with van der Waals surface area (Å²) in [5.74, 6) is 0.812. The zero-order valence-electron chi connectivity index (χ0n) is 13.1. The Morgan fingerprint density at radius 2 is 1.95 bits per heavy atom. The molecule has 0 spiro atoms. The molecule has 0 atom stereocenters. The van der Waals surface area contributed by atoms with E-state index in [1.165, 1.54) is 49.0 Å². The third-order valence-corrected chi connectivity index (χ3v) is 6.25. The fourth-order valence-corrected chi connectivity index (χ4v) is 5.03. The van der Waals surface area contributed by atoms with Crippen molar-refractivity contribution in [1.29, 1.82) is 5.26 Å². The van der Waals surface area contributed by atoms with Crippen molar-refractivity contribution in [3.8, 4) is 6.07 Å². The van der Waals surface area contributed by atoms with Gasteiger partial charge in [-0.2, -0.15) is 5.26 Å². The number of anilines is 1. The minimum Gasteiger partial charge on any atom is -0.317 e. The molecule has 0 bridgehead atoms. The molecule has 0 aromatic carbocycles. The van der Waals surface area contributed by atoms with Gasteiger partial charge in [-0.3, -0.25) is 4.79 Å². The van der Waals surface area contributed by atoms with Crippen LogP contribution < -0.4 is 5.32 Å². The van der Waals surface area contributed by atoms with Crippen LogP contribution in [0, 0.1) is 17.2 Å². The number of nitrogens with zero attached hydrogens (tertiary/aromatic N) is 1. The van der Waals surface area contributed by atoms with E-state index in [0.29, 0.717) is 6.42 Å². The molecule has 1 N–H and O–H groups in total. The molecule has 3 nitrogen and oxygen atoms in total. The Morgan fingerprint density at radius 1 is 1.18 bits per heavy atom. The molecule has 0 radical (unpaired) electrons. The van der Waals surface area contributed by atoms with Crippen LogP contribution in [0.5, 0.6) is 0 Å². The molecule has 2 aliphatic carbocycles. The number of nitriles is 1. The summed E-state index contributed by atoms with van der Waals surface area (Å²) in [6, 6.07) is 2.31. The van der Waals surface area contributed by atoms with E-state index < -0.39 is 0 Å². The molecule has 1 heterocycles. The Morgan fingerprint density at radius 3 is 2.73 bits per heavy atom. The van der Waals surface area contributed by atoms with Crippen molar-refractivity contribution in [2.75, 3.05) is 5.32 Å². The highest BCUT2D eigenvalue weighted by Crippen LogP contribution is 2.37. The average molecular weight is 316 g/mol. The molecule has 0 aliphatic heterocycles. The summed E-state index contributed by atoms with van der Waals surface area (Å²) < 4.78 is 0. The number of fused-ring (bicyclic) bond motifs is 1. The maximum absolute atomic E-state index is 12.2. The van der Waals surface area contributed by atoms with E-state index in [4.69, 9.17) is 0 Å². The number of nitrogens with one attached hydrogen (secondary N) is 1. The van der Waals surface area contributed by atoms with Gasteiger partial charge in [-0.1, -0.05) is 32.1 Å². The lowest BCUT2D eigenvalue weighted by atomic mass is 9.86. The topological polar surface area (TPSA) is 52.9 Å². The average Bonchev–Trinajstić information content (AvgIpc) is 2.91. The first-order valence-electron chi connectivity index (χ1n) is 8.62. The van der Waals surface area contributed by atoms with E-state index in [1.807, 2.05) is 0 Å². The van der Waals surface area contributed by atoms with Gasteiger partial charge >= 0.3 is 0 Å². The first-order chi connectivity index (χ1) is 10.8. The van der Waals surface area contributed by atoms with Gasteiger partial charge in [-0.25, -0.2) is 0 Å². The second-order valence-corrected chi connectivity index (χ2v) is 7.72. The molecule has 2 aliphatic rings. The van der Waals surface area contributed by atoms with Crippen molar-refractivity contribution < 1.29 is 4.79 Å². The number of aryl methyl sites for hydroxylation is 1. The van der Waals surface area contributed by atoms with Crippen LogP contribution in [-0.4, -0.2) is 5.91 Å². The Bertz CT molecular complexity index is 579. The van der Waals surface area contributed by atoms with Crippen molar-refractivity contribution in [2.45, 2.75) is 70.6 Å². The lowest BCUT2D eigenvalue weighted by molar-refractivity contribution is -0.116. The van der Waals surface area contributed by atoms with Crippen molar-refractivity contribution in [2.24, 2.45) is 5.92 Å². The first-order valence-corrected chi connectivity index (χ1v) is 9.44. The van der Waals surface area contributed by atoms with E-state index >= 15 is 0 Å². The summed E-state index contributed by atoms with van der Waals surface area (Å²) >= 11 is 1.62. The van der Waals surface area contributed by atoms with Crippen LogP contribution in [0.4, 0.5) is 5.00 Å². The largest absolute Gasteiger partial charge is 0.317 e.